The molecule has 1 aromatic carbocycles. The monoisotopic (exact) mass is 194 g/mol. The Kier molecular flexibility index (Phi) is 3.30. The summed E-state index contributed by atoms with van der Waals surface area (Å²) in [5, 5.41) is 9.21. The van der Waals surface area contributed by atoms with Crippen LogP contribution in [-0.2, 0) is 0 Å². The van der Waals surface area contributed by atoms with E-state index in [0.29, 0.717) is 10.6 Å². The van der Waals surface area contributed by atoms with Gasteiger partial charge in [0.05, 0.1) is 10.6 Å². The van der Waals surface area contributed by atoms with Crippen molar-refractivity contribution in [3.63, 3.8) is 0 Å². The number of nitriles is 1. The fraction of sp³-hybridized carbons (Fsp3) is 0.300. The maximum Gasteiger partial charge on any atom is 0.101 e. The van der Waals surface area contributed by atoms with Gasteiger partial charge in [0.2, 0.25) is 0 Å². The van der Waals surface area contributed by atoms with E-state index in [-0.39, 0.29) is 6.04 Å². The summed E-state index contributed by atoms with van der Waals surface area (Å²) in [6, 6.07) is 7.29. The van der Waals surface area contributed by atoms with Crippen LogP contribution in [0.4, 0.5) is 0 Å². The molecule has 2 N–H and O–H groups in total. The van der Waals surface area contributed by atoms with Crippen molar-refractivity contribution in [1.82, 2.24) is 0 Å². The second kappa shape index (κ2) is 4.27. The normalized spacial score (nSPS) is 12.2. The van der Waals surface area contributed by atoms with Crippen molar-refractivity contribution in [1.29, 1.82) is 5.26 Å². The van der Waals surface area contributed by atoms with Gasteiger partial charge in [0.1, 0.15) is 6.07 Å². The van der Waals surface area contributed by atoms with Gasteiger partial charge in [-0.25, -0.2) is 0 Å². The lowest BCUT2D eigenvalue weighted by Crippen LogP contribution is -2.09. The molecule has 0 spiro atoms. The highest BCUT2D eigenvalue weighted by molar-refractivity contribution is 6.32. The summed E-state index contributed by atoms with van der Waals surface area (Å²) in [4.78, 5) is 0. The molecule has 0 saturated carbocycles. The number of rotatable bonds is 2. The van der Waals surface area contributed by atoms with Gasteiger partial charge < -0.3 is 5.73 Å². The number of benzene rings is 1. The zero-order valence-corrected chi connectivity index (χ0v) is 8.17. The van der Waals surface area contributed by atoms with E-state index in [2.05, 4.69) is 0 Å². The Bertz CT molecular complexity index is 341. The summed E-state index contributed by atoms with van der Waals surface area (Å²) in [5.41, 5.74) is 7.16. The molecule has 0 bridgehead atoms. The third-order valence-corrected chi connectivity index (χ3v) is 2.41. The van der Waals surface area contributed by atoms with Crippen molar-refractivity contribution >= 4 is 11.6 Å². The maximum absolute atomic E-state index is 8.72. The van der Waals surface area contributed by atoms with Crippen LogP contribution in [0.25, 0.3) is 0 Å². The number of nitrogens with two attached hydrogens (primary N) is 1. The van der Waals surface area contributed by atoms with Crippen LogP contribution in [-0.4, -0.2) is 0 Å². The smallest absolute Gasteiger partial charge is 0.101 e. The van der Waals surface area contributed by atoms with Gasteiger partial charge in [-0.05, 0) is 18.1 Å². The Balaban J connectivity index is 3.17. The Hall–Kier alpha value is -1.04. The minimum absolute atomic E-state index is 0.0826. The van der Waals surface area contributed by atoms with E-state index in [1.165, 1.54) is 0 Å². The zero-order valence-electron chi connectivity index (χ0n) is 7.42. The quantitative estimate of drug-likeness (QED) is 0.787. The van der Waals surface area contributed by atoms with Gasteiger partial charge in [-0.3, -0.25) is 0 Å². The topological polar surface area (TPSA) is 49.8 Å². The summed E-state index contributed by atoms with van der Waals surface area (Å²) < 4.78 is 0. The predicted molar refractivity (Wildman–Crippen MR) is 53.4 cm³/mol. The van der Waals surface area contributed by atoms with Crippen LogP contribution in [0.3, 0.4) is 0 Å². The number of hydrogen-bond donors (Lipinski definition) is 1. The highest BCUT2D eigenvalue weighted by Gasteiger charge is 2.10. The van der Waals surface area contributed by atoms with Crippen LogP contribution in [0.15, 0.2) is 18.2 Å². The van der Waals surface area contributed by atoms with Crippen molar-refractivity contribution in [2.45, 2.75) is 19.4 Å². The number of halogens is 1. The fourth-order valence-corrected chi connectivity index (χ4v) is 1.45. The lowest BCUT2D eigenvalue weighted by molar-refractivity contribution is 0.699. The van der Waals surface area contributed by atoms with Crippen molar-refractivity contribution in [3.05, 3.63) is 34.3 Å². The van der Waals surface area contributed by atoms with Crippen LogP contribution in [0.5, 0.6) is 0 Å². The average Bonchev–Trinajstić information content (AvgIpc) is 2.17. The fourth-order valence-electron chi connectivity index (χ4n) is 1.14. The summed E-state index contributed by atoms with van der Waals surface area (Å²) >= 11 is 5.98. The van der Waals surface area contributed by atoms with Gasteiger partial charge in [0.25, 0.3) is 0 Å². The van der Waals surface area contributed by atoms with Gasteiger partial charge in [0.15, 0.2) is 0 Å². The molecular formula is C10H11ClN2. The van der Waals surface area contributed by atoms with Crippen LogP contribution in [0, 0.1) is 11.3 Å². The molecule has 1 rings (SSSR count). The Morgan fingerprint density at radius 3 is 2.85 bits per heavy atom. The molecule has 1 aromatic rings. The van der Waals surface area contributed by atoms with E-state index in [9.17, 15) is 0 Å². The molecule has 0 radical (unpaired) electrons. The van der Waals surface area contributed by atoms with Crippen molar-refractivity contribution < 1.29 is 0 Å². The first kappa shape index (κ1) is 10.0. The summed E-state index contributed by atoms with van der Waals surface area (Å²) in [6.07, 6.45) is 0.814. The summed E-state index contributed by atoms with van der Waals surface area (Å²) in [5.74, 6) is 0. The molecule has 0 amide bonds. The van der Waals surface area contributed by atoms with Gasteiger partial charge >= 0.3 is 0 Å². The first-order valence-corrected chi connectivity index (χ1v) is 4.52. The molecule has 1 atom stereocenters. The molecule has 0 unspecified atom stereocenters. The molecule has 68 valence electrons. The molecular weight excluding hydrogens is 184 g/mol. The van der Waals surface area contributed by atoms with Crippen molar-refractivity contribution in [2.24, 2.45) is 5.73 Å². The van der Waals surface area contributed by atoms with Crippen molar-refractivity contribution in [3.8, 4) is 6.07 Å². The van der Waals surface area contributed by atoms with Gasteiger partial charge in [-0.2, -0.15) is 5.26 Å². The number of nitrogens with zero attached hydrogens (tertiary/aromatic N) is 1. The molecule has 0 aromatic heterocycles. The van der Waals surface area contributed by atoms with Crippen molar-refractivity contribution in [2.75, 3.05) is 0 Å². The predicted octanol–water partition coefficient (Wildman–Crippen LogP) is 2.62. The van der Waals surface area contributed by atoms with E-state index in [0.717, 1.165) is 12.0 Å². The highest BCUT2D eigenvalue weighted by Crippen LogP contribution is 2.26. The molecule has 3 heteroatoms. The standard InChI is InChI=1S/C10H11ClN2/c1-2-9(13)8-5-3-4-7(6-12)10(8)11/h3-5,9H,2,13H2,1H3/t9-/m0/s1. The minimum atomic E-state index is -0.0826. The maximum atomic E-state index is 8.72. The molecule has 2 nitrogen and oxygen atoms in total. The van der Waals surface area contributed by atoms with Crippen LogP contribution >= 0.6 is 11.6 Å². The first-order valence-electron chi connectivity index (χ1n) is 4.14. The van der Waals surface area contributed by atoms with Gasteiger partial charge in [-0.15, -0.1) is 0 Å². The lowest BCUT2D eigenvalue weighted by Gasteiger charge is -2.11. The Morgan fingerprint density at radius 2 is 2.31 bits per heavy atom. The molecule has 0 aliphatic rings. The third-order valence-electron chi connectivity index (χ3n) is 1.99. The third kappa shape index (κ3) is 2.00. The molecule has 13 heavy (non-hydrogen) atoms. The van der Waals surface area contributed by atoms with Gasteiger partial charge in [-0.1, -0.05) is 30.7 Å². The average molecular weight is 195 g/mol. The van der Waals surface area contributed by atoms with E-state index >= 15 is 0 Å². The molecule has 0 aliphatic heterocycles. The highest BCUT2D eigenvalue weighted by atomic mass is 35.5. The van der Waals surface area contributed by atoms with Crippen LogP contribution in [0.1, 0.15) is 30.5 Å². The molecule has 0 heterocycles. The second-order valence-corrected chi connectivity index (χ2v) is 3.21. The largest absolute Gasteiger partial charge is 0.324 e. The van der Waals surface area contributed by atoms with E-state index in [1.54, 1.807) is 12.1 Å². The minimum Gasteiger partial charge on any atom is -0.324 e. The molecule has 0 fully saturated rings. The molecule has 0 aliphatic carbocycles. The summed E-state index contributed by atoms with van der Waals surface area (Å²) in [6.45, 7) is 1.99. The second-order valence-electron chi connectivity index (χ2n) is 2.84. The Labute approximate surface area is 82.9 Å². The SMILES string of the molecule is CC[C@H](N)c1cccc(C#N)c1Cl. The molecule has 0 saturated heterocycles. The first-order chi connectivity index (χ1) is 6.20. The number of hydrogen-bond acceptors (Lipinski definition) is 2. The van der Waals surface area contributed by atoms with E-state index in [1.807, 2.05) is 19.1 Å². The van der Waals surface area contributed by atoms with Crippen LogP contribution in [0.2, 0.25) is 5.02 Å². The summed E-state index contributed by atoms with van der Waals surface area (Å²) in [7, 11) is 0. The Morgan fingerprint density at radius 1 is 1.62 bits per heavy atom. The zero-order chi connectivity index (χ0) is 9.84. The van der Waals surface area contributed by atoms with E-state index in [4.69, 9.17) is 22.6 Å². The lowest BCUT2D eigenvalue weighted by atomic mass is 10.0. The van der Waals surface area contributed by atoms with E-state index < -0.39 is 0 Å². The van der Waals surface area contributed by atoms with Gasteiger partial charge in [0, 0.05) is 6.04 Å². The van der Waals surface area contributed by atoms with Crippen LogP contribution < -0.4 is 5.73 Å².